The molecule has 0 unspecified atom stereocenters. The predicted molar refractivity (Wildman–Crippen MR) is 94.9 cm³/mol. The third kappa shape index (κ3) is 4.51. The highest BCUT2D eigenvalue weighted by Crippen LogP contribution is 2.25. The van der Waals surface area contributed by atoms with E-state index in [4.69, 9.17) is 9.47 Å². The highest BCUT2D eigenvalue weighted by Gasteiger charge is 2.33. The van der Waals surface area contributed by atoms with Gasteiger partial charge in [0.1, 0.15) is 12.4 Å². The fourth-order valence-electron chi connectivity index (χ4n) is 3.75. The van der Waals surface area contributed by atoms with Crippen molar-refractivity contribution in [1.29, 1.82) is 0 Å². The lowest BCUT2D eigenvalue weighted by Gasteiger charge is -2.39. The van der Waals surface area contributed by atoms with E-state index in [1.165, 1.54) is 0 Å². The molecule has 25 heavy (non-hydrogen) atoms. The highest BCUT2D eigenvalue weighted by atomic mass is 16.5. The van der Waals surface area contributed by atoms with Crippen molar-refractivity contribution in [2.45, 2.75) is 31.4 Å². The Morgan fingerprint density at radius 3 is 2.68 bits per heavy atom. The number of hydrogen-bond acceptors (Lipinski definition) is 5. The van der Waals surface area contributed by atoms with Crippen molar-refractivity contribution in [3.63, 3.8) is 0 Å². The monoisotopic (exact) mass is 348 g/mol. The van der Waals surface area contributed by atoms with Gasteiger partial charge >= 0.3 is 0 Å². The first-order valence-corrected chi connectivity index (χ1v) is 9.12. The van der Waals surface area contributed by atoms with E-state index >= 15 is 0 Å². The molecule has 1 aromatic carbocycles. The lowest BCUT2D eigenvalue weighted by Crippen LogP contribution is -2.53. The first-order valence-electron chi connectivity index (χ1n) is 9.12. The molecule has 1 aromatic rings. The van der Waals surface area contributed by atoms with Crippen LogP contribution in [0.5, 0.6) is 5.75 Å². The summed E-state index contributed by atoms with van der Waals surface area (Å²) in [7, 11) is 1.63. The summed E-state index contributed by atoms with van der Waals surface area (Å²) in [4.78, 5) is 17.0. The third-order valence-electron chi connectivity index (χ3n) is 5.15. The molecular formula is C19H28N2O4. The molecule has 3 rings (SSSR count). The Morgan fingerprint density at radius 2 is 2.00 bits per heavy atom. The summed E-state index contributed by atoms with van der Waals surface area (Å²) in [6.45, 7) is 4.06. The van der Waals surface area contributed by atoms with E-state index in [1.807, 2.05) is 23.1 Å². The predicted octanol–water partition coefficient (Wildman–Crippen LogP) is 1.38. The molecule has 0 spiro atoms. The van der Waals surface area contributed by atoms with Gasteiger partial charge in [-0.05, 0) is 37.5 Å². The van der Waals surface area contributed by atoms with E-state index in [0.29, 0.717) is 37.6 Å². The van der Waals surface area contributed by atoms with E-state index < -0.39 is 0 Å². The van der Waals surface area contributed by atoms with Crippen LogP contribution in [0.1, 0.15) is 29.6 Å². The average molecular weight is 348 g/mol. The molecule has 6 heteroatoms. The van der Waals surface area contributed by atoms with Crippen LogP contribution in [0.4, 0.5) is 0 Å². The van der Waals surface area contributed by atoms with Crippen molar-refractivity contribution in [1.82, 2.24) is 9.80 Å². The van der Waals surface area contributed by atoms with Crippen molar-refractivity contribution in [3.8, 4) is 5.75 Å². The fraction of sp³-hybridized carbons (Fsp3) is 0.632. The van der Waals surface area contributed by atoms with Crippen LogP contribution in [0, 0.1) is 0 Å². The molecule has 1 amide bonds. The maximum absolute atomic E-state index is 12.8. The van der Waals surface area contributed by atoms with Crippen molar-refractivity contribution < 1.29 is 19.4 Å². The number of carbonyl (C=O) groups excluding carboxylic acids is 1. The molecule has 0 radical (unpaired) electrons. The molecule has 2 atom stereocenters. The summed E-state index contributed by atoms with van der Waals surface area (Å²) in [5.41, 5.74) is 0.657. The zero-order chi connectivity index (χ0) is 17.6. The summed E-state index contributed by atoms with van der Waals surface area (Å²) in [6.07, 6.45) is 2.86. The molecule has 1 aliphatic carbocycles. The molecule has 1 heterocycles. The van der Waals surface area contributed by atoms with Crippen LogP contribution < -0.4 is 4.74 Å². The second kappa shape index (κ2) is 8.65. The number of aliphatic hydroxyl groups is 1. The Labute approximate surface area is 149 Å². The quantitative estimate of drug-likeness (QED) is 0.787. The molecule has 2 aliphatic rings. The number of ether oxygens (including phenoxy) is 2. The van der Waals surface area contributed by atoms with E-state index in [0.717, 1.165) is 32.4 Å². The summed E-state index contributed by atoms with van der Waals surface area (Å²) in [5, 5.41) is 10.1. The highest BCUT2D eigenvalue weighted by molar-refractivity contribution is 5.94. The largest absolute Gasteiger partial charge is 0.491 e. The van der Waals surface area contributed by atoms with Gasteiger partial charge in [0, 0.05) is 44.9 Å². The third-order valence-corrected chi connectivity index (χ3v) is 5.15. The zero-order valence-electron chi connectivity index (χ0n) is 14.9. The number of nitrogens with zero attached hydrogens (tertiary/aromatic N) is 2. The second-order valence-corrected chi connectivity index (χ2v) is 6.76. The standard InChI is InChI=1S/C19H28N2O4/c1-24-12-13-25-16-5-2-4-15(14-16)19(23)21-10-8-20(9-11-21)17-6-3-7-18(17)22/h2,4-5,14,17-18,22H,3,6-13H2,1H3/t17-,18+/m0/s1. The maximum atomic E-state index is 12.8. The van der Waals surface area contributed by atoms with Gasteiger partial charge in [-0.25, -0.2) is 0 Å². The summed E-state index contributed by atoms with van der Waals surface area (Å²) in [5.74, 6) is 0.736. The molecule has 1 saturated heterocycles. The van der Waals surface area contributed by atoms with Gasteiger partial charge in [-0.2, -0.15) is 0 Å². The minimum atomic E-state index is -0.205. The Balaban J connectivity index is 1.54. The molecule has 2 fully saturated rings. The number of hydrogen-bond donors (Lipinski definition) is 1. The lowest BCUT2D eigenvalue weighted by atomic mass is 10.1. The molecule has 6 nitrogen and oxygen atoms in total. The van der Waals surface area contributed by atoms with Crippen LogP contribution in [0.15, 0.2) is 24.3 Å². The van der Waals surface area contributed by atoms with Crippen molar-refractivity contribution in [2.24, 2.45) is 0 Å². The Hall–Kier alpha value is -1.63. The molecule has 1 aliphatic heterocycles. The average Bonchev–Trinajstić information content (AvgIpc) is 3.08. The maximum Gasteiger partial charge on any atom is 0.254 e. The molecule has 0 aromatic heterocycles. The number of rotatable bonds is 6. The van der Waals surface area contributed by atoms with Gasteiger partial charge in [0.25, 0.3) is 5.91 Å². The number of methoxy groups -OCH3 is 1. The fourth-order valence-corrected chi connectivity index (χ4v) is 3.75. The number of aliphatic hydroxyl groups excluding tert-OH is 1. The minimum absolute atomic E-state index is 0.0452. The Morgan fingerprint density at radius 1 is 1.20 bits per heavy atom. The summed E-state index contributed by atoms with van der Waals surface area (Å²) >= 11 is 0. The summed E-state index contributed by atoms with van der Waals surface area (Å²) in [6, 6.07) is 7.60. The Bertz CT molecular complexity index is 572. The second-order valence-electron chi connectivity index (χ2n) is 6.76. The van der Waals surface area contributed by atoms with Crippen LogP contribution in [-0.4, -0.2) is 79.5 Å². The lowest BCUT2D eigenvalue weighted by molar-refractivity contribution is 0.0315. The van der Waals surface area contributed by atoms with Crippen molar-refractivity contribution in [2.75, 3.05) is 46.5 Å². The molecule has 1 N–H and O–H groups in total. The van der Waals surface area contributed by atoms with Crippen LogP contribution >= 0.6 is 0 Å². The molecule has 1 saturated carbocycles. The number of carbonyl (C=O) groups is 1. The van der Waals surface area contributed by atoms with Gasteiger partial charge in [-0.3, -0.25) is 9.69 Å². The smallest absolute Gasteiger partial charge is 0.254 e. The first kappa shape index (κ1) is 18.2. The van der Waals surface area contributed by atoms with Gasteiger partial charge in [0.2, 0.25) is 0 Å². The number of benzene rings is 1. The van der Waals surface area contributed by atoms with E-state index in [-0.39, 0.29) is 18.1 Å². The number of piperazine rings is 1. The van der Waals surface area contributed by atoms with Crippen LogP contribution in [0.2, 0.25) is 0 Å². The topological polar surface area (TPSA) is 62.2 Å². The van der Waals surface area contributed by atoms with E-state index in [9.17, 15) is 9.90 Å². The van der Waals surface area contributed by atoms with Gasteiger partial charge in [-0.1, -0.05) is 6.07 Å². The van der Waals surface area contributed by atoms with Crippen molar-refractivity contribution in [3.05, 3.63) is 29.8 Å². The van der Waals surface area contributed by atoms with Crippen LogP contribution in [0.3, 0.4) is 0 Å². The number of amides is 1. The van der Waals surface area contributed by atoms with Gasteiger partial charge in [-0.15, -0.1) is 0 Å². The van der Waals surface area contributed by atoms with E-state index in [2.05, 4.69) is 4.90 Å². The van der Waals surface area contributed by atoms with Crippen molar-refractivity contribution >= 4 is 5.91 Å². The molecule has 0 bridgehead atoms. The zero-order valence-corrected chi connectivity index (χ0v) is 14.9. The van der Waals surface area contributed by atoms with Crippen LogP contribution in [0.25, 0.3) is 0 Å². The van der Waals surface area contributed by atoms with E-state index in [1.54, 1.807) is 13.2 Å². The summed E-state index contributed by atoms with van der Waals surface area (Å²) < 4.78 is 10.6. The minimum Gasteiger partial charge on any atom is -0.491 e. The molecule has 138 valence electrons. The molecular weight excluding hydrogens is 320 g/mol. The normalized spacial score (nSPS) is 24.5. The first-order chi connectivity index (χ1) is 12.2. The van der Waals surface area contributed by atoms with Gasteiger partial charge in [0.15, 0.2) is 0 Å². The Kier molecular flexibility index (Phi) is 6.29. The van der Waals surface area contributed by atoms with Gasteiger partial charge in [0.05, 0.1) is 12.7 Å². The van der Waals surface area contributed by atoms with Gasteiger partial charge < -0.3 is 19.5 Å². The SMILES string of the molecule is COCCOc1cccc(C(=O)N2CCN([C@H]3CCC[C@H]3O)CC2)c1. The van der Waals surface area contributed by atoms with Crippen LogP contribution in [-0.2, 0) is 4.74 Å².